The van der Waals surface area contributed by atoms with Crippen LogP contribution in [-0.2, 0) is 0 Å². The van der Waals surface area contributed by atoms with Gasteiger partial charge in [-0.3, -0.25) is 0 Å². The van der Waals surface area contributed by atoms with Crippen molar-refractivity contribution in [2.75, 3.05) is 11.5 Å². The number of aryl methyl sites for hydroxylation is 1. The van der Waals surface area contributed by atoms with Gasteiger partial charge in [0.25, 0.3) is 0 Å². The standard InChI is InChI=1S/C24H42OS2/c1-4-6-8-10-12-14-19-26-24(22-18-16-17-21(3)23(22)25)27-20-15-13-11-9-7-5-2/h16-18,24-25H,4-15,19-20H2,1-3H3. The predicted octanol–water partition coefficient (Wildman–Crippen LogP) is 8.89. The number of hydrogen-bond donors (Lipinski definition) is 1. The first-order valence-corrected chi connectivity index (χ1v) is 13.3. The molecule has 1 N–H and O–H groups in total. The zero-order valence-electron chi connectivity index (χ0n) is 18.0. The maximum Gasteiger partial charge on any atom is 0.123 e. The quantitative estimate of drug-likeness (QED) is 0.204. The second kappa shape index (κ2) is 16.7. The average molecular weight is 411 g/mol. The van der Waals surface area contributed by atoms with Crippen molar-refractivity contribution in [3.05, 3.63) is 29.3 Å². The maximum absolute atomic E-state index is 10.5. The highest BCUT2D eigenvalue weighted by molar-refractivity contribution is 8.16. The molecule has 0 aromatic heterocycles. The van der Waals surface area contributed by atoms with Crippen LogP contribution in [0.15, 0.2) is 18.2 Å². The minimum Gasteiger partial charge on any atom is -0.507 e. The van der Waals surface area contributed by atoms with Crippen molar-refractivity contribution in [3.63, 3.8) is 0 Å². The van der Waals surface area contributed by atoms with Gasteiger partial charge in [-0.25, -0.2) is 0 Å². The highest BCUT2D eigenvalue weighted by atomic mass is 32.2. The molecule has 156 valence electrons. The fraction of sp³-hybridized carbons (Fsp3) is 0.750. The Labute approximate surface area is 177 Å². The largest absolute Gasteiger partial charge is 0.507 e. The summed E-state index contributed by atoms with van der Waals surface area (Å²) in [6, 6.07) is 6.22. The van der Waals surface area contributed by atoms with E-state index in [0.29, 0.717) is 10.3 Å². The molecule has 0 bridgehead atoms. The molecule has 0 aliphatic heterocycles. The van der Waals surface area contributed by atoms with Crippen LogP contribution >= 0.6 is 23.5 Å². The molecular formula is C24H42OS2. The third-order valence-electron chi connectivity index (χ3n) is 5.06. The molecule has 1 nitrogen and oxygen atoms in total. The van der Waals surface area contributed by atoms with Gasteiger partial charge in [-0.1, -0.05) is 96.3 Å². The lowest BCUT2D eigenvalue weighted by Crippen LogP contribution is -1.96. The molecule has 0 heterocycles. The van der Waals surface area contributed by atoms with E-state index in [0.717, 1.165) is 11.1 Å². The minimum atomic E-state index is 0.371. The van der Waals surface area contributed by atoms with Crippen LogP contribution in [0.3, 0.4) is 0 Å². The first kappa shape index (κ1) is 24.8. The molecule has 0 radical (unpaired) electrons. The van der Waals surface area contributed by atoms with Gasteiger partial charge in [-0.2, -0.15) is 0 Å². The number of phenolic OH excluding ortho intramolecular Hbond substituents is 1. The van der Waals surface area contributed by atoms with Crippen molar-refractivity contribution in [2.45, 2.75) is 102 Å². The van der Waals surface area contributed by atoms with Gasteiger partial charge in [-0.15, -0.1) is 23.5 Å². The lowest BCUT2D eigenvalue weighted by Gasteiger charge is -2.19. The number of unbranched alkanes of at least 4 members (excludes halogenated alkanes) is 10. The molecule has 0 aliphatic carbocycles. The van der Waals surface area contributed by atoms with Crippen molar-refractivity contribution in [1.29, 1.82) is 0 Å². The van der Waals surface area contributed by atoms with Crippen molar-refractivity contribution < 1.29 is 5.11 Å². The van der Waals surface area contributed by atoms with Gasteiger partial charge in [-0.05, 0) is 36.8 Å². The van der Waals surface area contributed by atoms with Crippen LogP contribution < -0.4 is 0 Å². The van der Waals surface area contributed by atoms with Gasteiger partial charge in [0, 0.05) is 5.56 Å². The molecule has 27 heavy (non-hydrogen) atoms. The molecule has 0 fully saturated rings. The van der Waals surface area contributed by atoms with E-state index in [4.69, 9.17) is 0 Å². The van der Waals surface area contributed by atoms with Gasteiger partial charge in [0.05, 0.1) is 4.58 Å². The van der Waals surface area contributed by atoms with Crippen LogP contribution in [0.5, 0.6) is 5.75 Å². The molecule has 0 unspecified atom stereocenters. The molecule has 1 aromatic rings. The highest BCUT2D eigenvalue weighted by Crippen LogP contribution is 2.44. The van der Waals surface area contributed by atoms with Crippen LogP contribution in [-0.4, -0.2) is 16.6 Å². The molecule has 0 spiro atoms. The van der Waals surface area contributed by atoms with E-state index >= 15 is 0 Å². The van der Waals surface area contributed by atoms with E-state index in [1.165, 1.54) is 88.6 Å². The zero-order valence-corrected chi connectivity index (χ0v) is 19.6. The van der Waals surface area contributed by atoms with E-state index in [2.05, 4.69) is 26.0 Å². The SMILES string of the molecule is CCCCCCCCSC(SCCCCCCCC)c1cccc(C)c1O. The molecular weight excluding hydrogens is 368 g/mol. The molecule has 1 rings (SSSR count). The topological polar surface area (TPSA) is 20.2 Å². The molecule has 0 saturated carbocycles. The molecule has 0 amide bonds. The first-order chi connectivity index (χ1) is 13.2. The summed E-state index contributed by atoms with van der Waals surface area (Å²) in [4.78, 5) is 0. The lowest BCUT2D eigenvalue weighted by molar-refractivity contribution is 0.466. The van der Waals surface area contributed by atoms with E-state index in [1.807, 2.05) is 36.5 Å². The van der Waals surface area contributed by atoms with Gasteiger partial charge in [0.15, 0.2) is 0 Å². The summed E-state index contributed by atoms with van der Waals surface area (Å²) in [5, 5.41) is 10.5. The van der Waals surface area contributed by atoms with E-state index in [9.17, 15) is 5.11 Å². The Balaban J connectivity index is 2.41. The fourth-order valence-corrected chi connectivity index (χ4v) is 6.12. The van der Waals surface area contributed by atoms with Crippen molar-refractivity contribution >= 4 is 23.5 Å². The monoisotopic (exact) mass is 410 g/mol. The summed E-state index contributed by atoms with van der Waals surface area (Å²) in [6.45, 7) is 6.55. The smallest absolute Gasteiger partial charge is 0.123 e. The summed E-state index contributed by atoms with van der Waals surface area (Å²) in [5.74, 6) is 2.91. The predicted molar refractivity (Wildman–Crippen MR) is 127 cm³/mol. The Bertz CT molecular complexity index is 457. The number of rotatable bonds is 17. The third kappa shape index (κ3) is 11.3. The normalized spacial score (nSPS) is 11.4. The second-order valence-corrected chi connectivity index (χ2v) is 10.3. The number of thioether (sulfide) groups is 2. The molecule has 1 aromatic carbocycles. The van der Waals surface area contributed by atoms with Crippen LogP contribution in [0, 0.1) is 6.92 Å². The van der Waals surface area contributed by atoms with Crippen LogP contribution in [0.2, 0.25) is 0 Å². The minimum absolute atomic E-state index is 0.371. The van der Waals surface area contributed by atoms with Gasteiger partial charge < -0.3 is 5.11 Å². The summed E-state index contributed by atoms with van der Waals surface area (Å²) in [5.41, 5.74) is 2.12. The third-order valence-corrected chi connectivity index (χ3v) is 8.04. The Morgan fingerprint density at radius 1 is 0.741 bits per heavy atom. The summed E-state index contributed by atoms with van der Waals surface area (Å²) < 4.78 is 0.371. The van der Waals surface area contributed by atoms with Gasteiger partial charge >= 0.3 is 0 Å². The first-order valence-electron chi connectivity index (χ1n) is 11.2. The number of phenols is 1. The molecule has 0 atom stereocenters. The van der Waals surface area contributed by atoms with Crippen molar-refractivity contribution in [3.8, 4) is 5.75 Å². The zero-order chi connectivity index (χ0) is 19.7. The van der Waals surface area contributed by atoms with Crippen molar-refractivity contribution in [1.82, 2.24) is 0 Å². The second-order valence-electron chi connectivity index (χ2n) is 7.62. The highest BCUT2D eigenvalue weighted by Gasteiger charge is 2.17. The molecule has 3 heteroatoms. The fourth-order valence-electron chi connectivity index (χ4n) is 3.25. The Morgan fingerprint density at radius 2 is 1.22 bits per heavy atom. The lowest BCUT2D eigenvalue weighted by atomic mass is 10.1. The Kier molecular flexibility index (Phi) is 15.3. The number of benzene rings is 1. The maximum atomic E-state index is 10.5. The number of hydrogen-bond acceptors (Lipinski definition) is 3. The average Bonchev–Trinajstić information content (AvgIpc) is 2.67. The van der Waals surface area contributed by atoms with Gasteiger partial charge in [0.1, 0.15) is 5.75 Å². The molecule has 0 saturated heterocycles. The van der Waals surface area contributed by atoms with E-state index in [-0.39, 0.29) is 0 Å². The number of para-hydroxylation sites is 1. The van der Waals surface area contributed by atoms with Crippen LogP contribution in [0.1, 0.15) is 107 Å². The van der Waals surface area contributed by atoms with Gasteiger partial charge in [0.2, 0.25) is 0 Å². The van der Waals surface area contributed by atoms with E-state index < -0.39 is 0 Å². The van der Waals surface area contributed by atoms with Crippen molar-refractivity contribution in [2.24, 2.45) is 0 Å². The Morgan fingerprint density at radius 3 is 1.74 bits per heavy atom. The van der Waals surface area contributed by atoms with Crippen LogP contribution in [0.25, 0.3) is 0 Å². The number of aromatic hydroxyl groups is 1. The summed E-state index contributed by atoms with van der Waals surface area (Å²) in [7, 11) is 0. The van der Waals surface area contributed by atoms with E-state index in [1.54, 1.807) is 0 Å². The summed E-state index contributed by atoms with van der Waals surface area (Å²) in [6.07, 6.45) is 16.2. The molecule has 0 aliphatic rings. The summed E-state index contributed by atoms with van der Waals surface area (Å²) >= 11 is 4.07. The van der Waals surface area contributed by atoms with Crippen LogP contribution in [0.4, 0.5) is 0 Å². The Hall–Kier alpha value is -0.280.